The molecule has 0 saturated carbocycles. The quantitative estimate of drug-likeness (QED) is 0.774. The Balaban J connectivity index is 1.74. The molecule has 1 saturated heterocycles. The van der Waals surface area contributed by atoms with Crippen molar-refractivity contribution in [1.29, 1.82) is 0 Å². The van der Waals surface area contributed by atoms with Crippen LogP contribution in [0.3, 0.4) is 0 Å². The first-order valence-electron chi connectivity index (χ1n) is 9.16. The number of hydrogen-bond donors (Lipinski definition) is 2. The first-order chi connectivity index (χ1) is 13.1. The fraction of sp³-hybridized carbons (Fsp3) is 0.273. The van der Waals surface area contributed by atoms with Crippen molar-refractivity contribution in [2.75, 3.05) is 13.2 Å². The number of aryl methyl sites for hydroxylation is 1. The van der Waals surface area contributed by atoms with Crippen LogP contribution in [0.15, 0.2) is 60.3 Å². The molecule has 0 spiro atoms. The lowest BCUT2D eigenvalue weighted by atomic mass is 10.1. The number of benzene rings is 2. The van der Waals surface area contributed by atoms with Crippen LogP contribution in [-0.4, -0.2) is 31.1 Å². The molecule has 5 heteroatoms. The van der Waals surface area contributed by atoms with Crippen molar-refractivity contribution >= 4 is 17.9 Å². The minimum Gasteiger partial charge on any atom is -0.376 e. The highest BCUT2D eigenvalue weighted by Gasteiger charge is 2.19. The van der Waals surface area contributed by atoms with Gasteiger partial charge in [-0.05, 0) is 43.5 Å². The lowest BCUT2D eigenvalue weighted by Crippen LogP contribution is -2.38. The first kappa shape index (κ1) is 18.9. The van der Waals surface area contributed by atoms with Gasteiger partial charge in [-0.3, -0.25) is 9.59 Å². The lowest BCUT2D eigenvalue weighted by molar-refractivity contribution is -0.118. The Labute approximate surface area is 159 Å². The fourth-order valence-electron chi connectivity index (χ4n) is 2.88. The van der Waals surface area contributed by atoms with Gasteiger partial charge in [-0.15, -0.1) is 0 Å². The maximum absolute atomic E-state index is 12.7. The third kappa shape index (κ3) is 5.53. The molecular weight excluding hydrogens is 340 g/mol. The van der Waals surface area contributed by atoms with E-state index in [1.807, 2.05) is 49.4 Å². The molecule has 1 atom stereocenters. The van der Waals surface area contributed by atoms with Crippen LogP contribution in [0.2, 0.25) is 0 Å². The third-order valence-electron chi connectivity index (χ3n) is 4.43. The summed E-state index contributed by atoms with van der Waals surface area (Å²) in [6.45, 7) is 3.13. The molecule has 27 heavy (non-hydrogen) atoms. The molecular formula is C22H24N2O3. The van der Waals surface area contributed by atoms with E-state index in [4.69, 9.17) is 4.74 Å². The van der Waals surface area contributed by atoms with Crippen LogP contribution in [0, 0.1) is 6.92 Å². The number of ether oxygens (including phenoxy) is 1. The van der Waals surface area contributed by atoms with E-state index in [1.165, 1.54) is 0 Å². The molecule has 2 N–H and O–H groups in total. The van der Waals surface area contributed by atoms with Crippen LogP contribution in [0.5, 0.6) is 0 Å². The minimum atomic E-state index is -0.324. The standard InChI is InChI=1S/C22H24N2O3/c1-16-9-11-18(12-10-16)21(25)24-20(14-17-6-3-2-4-7-17)22(26)23-15-19-8-5-13-27-19/h2-4,6-7,9-12,14,19H,5,8,13,15H2,1H3,(H,23,26)(H,24,25)/b20-14-/t19-/m0/s1. The molecule has 2 aromatic rings. The molecule has 0 bridgehead atoms. The van der Waals surface area contributed by atoms with Gasteiger partial charge in [0, 0.05) is 18.7 Å². The molecule has 1 aliphatic rings. The molecule has 0 aromatic heterocycles. The van der Waals surface area contributed by atoms with Gasteiger partial charge in [0.15, 0.2) is 0 Å². The van der Waals surface area contributed by atoms with Crippen molar-refractivity contribution in [3.05, 3.63) is 77.0 Å². The average Bonchev–Trinajstić information content (AvgIpc) is 3.20. The molecule has 2 aromatic carbocycles. The lowest BCUT2D eigenvalue weighted by Gasteiger charge is -2.14. The van der Waals surface area contributed by atoms with Gasteiger partial charge in [-0.2, -0.15) is 0 Å². The van der Waals surface area contributed by atoms with Crippen LogP contribution in [0.25, 0.3) is 6.08 Å². The van der Waals surface area contributed by atoms with Gasteiger partial charge < -0.3 is 15.4 Å². The SMILES string of the molecule is Cc1ccc(C(=O)N/C(=C\c2ccccc2)C(=O)NC[C@@H]2CCCO2)cc1. The molecule has 140 valence electrons. The van der Waals surface area contributed by atoms with Crippen molar-refractivity contribution < 1.29 is 14.3 Å². The monoisotopic (exact) mass is 364 g/mol. The summed E-state index contributed by atoms with van der Waals surface area (Å²) >= 11 is 0. The Hall–Kier alpha value is -2.92. The average molecular weight is 364 g/mol. The first-order valence-corrected chi connectivity index (χ1v) is 9.16. The number of amides is 2. The van der Waals surface area contributed by atoms with Gasteiger partial charge in [0.05, 0.1) is 6.10 Å². The van der Waals surface area contributed by atoms with Crippen molar-refractivity contribution in [1.82, 2.24) is 10.6 Å². The summed E-state index contributed by atoms with van der Waals surface area (Å²) < 4.78 is 5.54. The summed E-state index contributed by atoms with van der Waals surface area (Å²) in [6.07, 6.45) is 3.67. The molecule has 0 radical (unpaired) electrons. The van der Waals surface area contributed by atoms with Gasteiger partial charge >= 0.3 is 0 Å². The van der Waals surface area contributed by atoms with Crippen molar-refractivity contribution in [2.45, 2.75) is 25.9 Å². The van der Waals surface area contributed by atoms with E-state index < -0.39 is 0 Å². The van der Waals surface area contributed by atoms with Crippen LogP contribution in [0.4, 0.5) is 0 Å². The highest BCUT2D eigenvalue weighted by Crippen LogP contribution is 2.12. The Morgan fingerprint density at radius 1 is 1.11 bits per heavy atom. The van der Waals surface area contributed by atoms with Gasteiger partial charge in [0.25, 0.3) is 11.8 Å². The molecule has 3 rings (SSSR count). The maximum Gasteiger partial charge on any atom is 0.267 e. The van der Waals surface area contributed by atoms with Gasteiger partial charge in [0.2, 0.25) is 0 Å². The summed E-state index contributed by atoms with van der Waals surface area (Å²) in [6, 6.07) is 16.7. The van der Waals surface area contributed by atoms with Crippen molar-refractivity contribution in [3.63, 3.8) is 0 Å². The van der Waals surface area contributed by atoms with E-state index in [9.17, 15) is 9.59 Å². The van der Waals surface area contributed by atoms with Crippen LogP contribution in [0.1, 0.15) is 34.3 Å². The van der Waals surface area contributed by atoms with E-state index in [0.717, 1.165) is 30.6 Å². The second kappa shape index (κ2) is 9.14. The van der Waals surface area contributed by atoms with E-state index in [-0.39, 0.29) is 23.6 Å². The summed E-state index contributed by atoms with van der Waals surface area (Å²) in [7, 11) is 0. The number of carbonyl (C=O) groups excluding carboxylic acids is 2. The van der Waals surface area contributed by atoms with Gasteiger partial charge in [-0.25, -0.2) is 0 Å². The fourth-order valence-corrected chi connectivity index (χ4v) is 2.88. The smallest absolute Gasteiger partial charge is 0.267 e. The minimum absolute atomic E-state index is 0.0414. The summed E-state index contributed by atoms with van der Waals surface area (Å²) in [4.78, 5) is 25.2. The highest BCUT2D eigenvalue weighted by atomic mass is 16.5. The Kier molecular flexibility index (Phi) is 6.39. The molecule has 1 aliphatic heterocycles. The zero-order valence-electron chi connectivity index (χ0n) is 15.4. The topological polar surface area (TPSA) is 67.4 Å². The predicted octanol–water partition coefficient (Wildman–Crippen LogP) is 3.06. The van der Waals surface area contributed by atoms with E-state index in [2.05, 4.69) is 10.6 Å². The number of rotatable bonds is 6. The highest BCUT2D eigenvalue weighted by molar-refractivity contribution is 6.05. The predicted molar refractivity (Wildman–Crippen MR) is 105 cm³/mol. The normalized spacial score (nSPS) is 16.8. The number of nitrogens with one attached hydrogen (secondary N) is 2. The van der Waals surface area contributed by atoms with E-state index in [0.29, 0.717) is 12.1 Å². The summed E-state index contributed by atoms with van der Waals surface area (Å²) in [5.74, 6) is -0.640. The summed E-state index contributed by atoms with van der Waals surface area (Å²) in [5, 5.41) is 5.61. The Bertz CT molecular complexity index is 807. The Morgan fingerprint density at radius 2 is 1.85 bits per heavy atom. The van der Waals surface area contributed by atoms with Gasteiger partial charge in [-0.1, -0.05) is 48.0 Å². The second-order valence-electron chi connectivity index (χ2n) is 6.63. The largest absolute Gasteiger partial charge is 0.376 e. The maximum atomic E-state index is 12.7. The van der Waals surface area contributed by atoms with Crippen LogP contribution >= 0.6 is 0 Å². The molecule has 1 fully saturated rings. The van der Waals surface area contributed by atoms with Gasteiger partial charge in [0.1, 0.15) is 5.70 Å². The van der Waals surface area contributed by atoms with Crippen LogP contribution in [-0.2, 0) is 9.53 Å². The van der Waals surface area contributed by atoms with Crippen molar-refractivity contribution in [2.24, 2.45) is 0 Å². The van der Waals surface area contributed by atoms with E-state index >= 15 is 0 Å². The molecule has 5 nitrogen and oxygen atoms in total. The zero-order chi connectivity index (χ0) is 19.1. The number of hydrogen-bond acceptors (Lipinski definition) is 3. The molecule has 0 aliphatic carbocycles. The molecule has 2 amide bonds. The Morgan fingerprint density at radius 3 is 2.52 bits per heavy atom. The molecule has 0 unspecified atom stereocenters. The van der Waals surface area contributed by atoms with Crippen LogP contribution < -0.4 is 10.6 Å². The third-order valence-corrected chi connectivity index (χ3v) is 4.43. The molecule has 1 heterocycles. The zero-order valence-corrected chi connectivity index (χ0v) is 15.4. The van der Waals surface area contributed by atoms with Crippen molar-refractivity contribution in [3.8, 4) is 0 Å². The second-order valence-corrected chi connectivity index (χ2v) is 6.63. The summed E-state index contributed by atoms with van der Waals surface area (Å²) in [5.41, 5.74) is 2.63. The number of carbonyl (C=O) groups is 2. The van der Waals surface area contributed by atoms with E-state index in [1.54, 1.807) is 18.2 Å².